The highest BCUT2D eigenvalue weighted by molar-refractivity contribution is 5.78. The van der Waals surface area contributed by atoms with Gasteiger partial charge in [0.25, 0.3) is 0 Å². The van der Waals surface area contributed by atoms with Crippen LogP contribution < -0.4 is 10.6 Å². The molecule has 0 aliphatic carbocycles. The van der Waals surface area contributed by atoms with Crippen molar-refractivity contribution >= 4 is 5.91 Å². The van der Waals surface area contributed by atoms with Crippen molar-refractivity contribution in [2.75, 3.05) is 19.6 Å². The molecule has 1 aromatic carbocycles. The van der Waals surface area contributed by atoms with Crippen LogP contribution in [0, 0.1) is 18.8 Å². The standard InChI is InChI=1S/C17H26N2O/c1-12-5-7-15(8-6-12)17(3,4)11-19-16(20)13(2)14-9-18-10-14/h5-8,13-14,18H,9-11H2,1-4H3,(H,19,20). The molecule has 1 amide bonds. The van der Waals surface area contributed by atoms with Crippen LogP contribution in [0.4, 0.5) is 0 Å². The lowest BCUT2D eigenvalue weighted by Crippen LogP contribution is -2.50. The summed E-state index contributed by atoms with van der Waals surface area (Å²) in [5.41, 5.74) is 2.49. The maximum absolute atomic E-state index is 12.2. The van der Waals surface area contributed by atoms with Gasteiger partial charge in [-0.3, -0.25) is 4.79 Å². The van der Waals surface area contributed by atoms with Crippen molar-refractivity contribution in [1.82, 2.24) is 10.6 Å². The monoisotopic (exact) mass is 274 g/mol. The van der Waals surface area contributed by atoms with E-state index in [0.29, 0.717) is 12.5 Å². The van der Waals surface area contributed by atoms with Crippen LogP contribution in [0.1, 0.15) is 31.9 Å². The molecule has 1 unspecified atom stereocenters. The summed E-state index contributed by atoms with van der Waals surface area (Å²) in [6.07, 6.45) is 0. The van der Waals surface area contributed by atoms with Crippen LogP contribution >= 0.6 is 0 Å². The van der Waals surface area contributed by atoms with E-state index >= 15 is 0 Å². The molecular weight excluding hydrogens is 248 g/mol. The molecule has 0 spiro atoms. The average molecular weight is 274 g/mol. The predicted octanol–water partition coefficient (Wildman–Crippen LogP) is 2.24. The van der Waals surface area contributed by atoms with E-state index in [1.54, 1.807) is 0 Å². The van der Waals surface area contributed by atoms with Crippen molar-refractivity contribution in [2.45, 2.75) is 33.1 Å². The second-order valence-corrected chi connectivity index (χ2v) is 6.67. The highest BCUT2D eigenvalue weighted by Gasteiger charge is 2.30. The first kappa shape index (κ1) is 15.0. The van der Waals surface area contributed by atoms with Gasteiger partial charge in [0.15, 0.2) is 0 Å². The first-order valence-corrected chi connectivity index (χ1v) is 7.46. The summed E-state index contributed by atoms with van der Waals surface area (Å²) in [5.74, 6) is 0.777. The number of amides is 1. The van der Waals surface area contributed by atoms with Crippen molar-refractivity contribution in [3.8, 4) is 0 Å². The second kappa shape index (κ2) is 5.96. The van der Waals surface area contributed by atoms with Gasteiger partial charge in [-0.2, -0.15) is 0 Å². The number of aryl methyl sites for hydroxylation is 1. The molecule has 1 saturated heterocycles. The molecule has 1 fully saturated rings. The Labute approximate surface area is 122 Å². The minimum Gasteiger partial charge on any atom is -0.355 e. The minimum atomic E-state index is -0.0407. The summed E-state index contributed by atoms with van der Waals surface area (Å²) in [6, 6.07) is 8.56. The summed E-state index contributed by atoms with van der Waals surface area (Å²) in [5, 5.41) is 6.34. The maximum atomic E-state index is 12.2. The molecule has 1 atom stereocenters. The molecule has 1 heterocycles. The van der Waals surface area contributed by atoms with Crippen LogP contribution in [0.15, 0.2) is 24.3 Å². The van der Waals surface area contributed by atoms with Crippen LogP contribution in [0.2, 0.25) is 0 Å². The first-order valence-electron chi connectivity index (χ1n) is 7.46. The summed E-state index contributed by atoms with van der Waals surface area (Å²) in [6.45, 7) is 11.1. The Morgan fingerprint density at radius 2 is 1.95 bits per heavy atom. The molecule has 0 bridgehead atoms. The van der Waals surface area contributed by atoms with E-state index < -0.39 is 0 Å². The number of hydrogen-bond donors (Lipinski definition) is 2. The highest BCUT2D eigenvalue weighted by Crippen LogP contribution is 2.23. The molecule has 0 saturated carbocycles. The van der Waals surface area contributed by atoms with E-state index in [4.69, 9.17) is 0 Å². The SMILES string of the molecule is Cc1ccc(C(C)(C)CNC(=O)C(C)C2CNC2)cc1. The molecule has 0 aromatic heterocycles. The quantitative estimate of drug-likeness (QED) is 0.864. The highest BCUT2D eigenvalue weighted by atomic mass is 16.1. The van der Waals surface area contributed by atoms with Gasteiger partial charge < -0.3 is 10.6 Å². The Hall–Kier alpha value is -1.35. The van der Waals surface area contributed by atoms with E-state index in [1.165, 1.54) is 11.1 Å². The van der Waals surface area contributed by atoms with Gasteiger partial charge >= 0.3 is 0 Å². The van der Waals surface area contributed by atoms with Gasteiger partial charge in [-0.15, -0.1) is 0 Å². The lowest BCUT2D eigenvalue weighted by molar-refractivity contribution is -0.126. The zero-order valence-electron chi connectivity index (χ0n) is 13.0. The Kier molecular flexibility index (Phi) is 4.48. The van der Waals surface area contributed by atoms with Crippen LogP contribution in [0.5, 0.6) is 0 Å². The normalized spacial score (nSPS) is 17.4. The van der Waals surface area contributed by atoms with E-state index in [1.807, 2.05) is 6.92 Å². The van der Waals surface area contributed by atoms with Crippen molar-refractivity contribution < 1.29 is 4.79 Å². The molecule has 2 N–H and O–H groups in total. The Morgan fingerprint density at radius 3 is 2.45 bits per heavy atom. The van der Waals surface area contributed by atoms with Crippen LogP contribution in [-0.2, 0) is 10.2 Å². The molecule has 1 aliphatic rings. The van der Waals surface area contributed by atoms with Gasteiger partial charge in [0.1, 0.15) is 0 Å². The Morgan fingerprint density at radius 1 is 1.35 bits per heavy atom. The summed E-state index contributed by atoms with van der Waals surface area (Å²) in [7, 11) is 0. The van der Waals surface area contributed by atoms with Gasteiger partial charge in [0.05, 0.1) is 0 Å². The lowest BCUT2D eigenvalue weighted by atomic mass is 9.83. The van der Waals surface area contributed by atoms with Gasteiger partial charge in [0.2, 0.25) is 5.91 Å². The van der Waals surface area contributed by atoms with Crippen molar-refractivity contribution in [3.63, 3.8) is 0 Å². The summed E-state index contributed by atoms with van der Waals surface area (Å²) in [4.78, 5) is 12.2. The topological polar surface area (TPSA) is 41.1 Å². The lowest BCUT2D eigenvalue weighted by Gasteiger charge is -2.33. The van der Waals surface area contributed by atoms with Crippen LogP contribution in [0.3, 0.4) is 0 Å². The van der Waals surface area contributed by atoms with Gasteiger partial charge in [0, 0.05) is 17.9 Å². The third-order valence-corrected chi connectivity index (χ3v) is 4.47. The molecule has 1 aromatic rings. The molecule has 110 valence electrons. The van der Waals surface area contributed by atoms with E-state index in [-0.39, 0.29) is 17.2 Å². The van der Waals surface area contributed by atoms with Crippen molar-refractivity contribution in [2.24, 2.45) is 11.8 Å². The van der Waals surface area contributed by atoms with Crippen molar-refractivity contribution in [1.29, 1.82) is 0 Å². The zero-order valence-corrected chi connectivity index (χ0v) is 13.0. The minimum absolute atomic E-state index is 0.0407. The summed E-state index contributed by atoms with van der Waals surface area (Å²) >= 11 is 0. The van der Waals surface area contributed by atoms with Crippen molar-refractivity contribution in [3.05, 3.63) is 35.4 Å². The molecular formula is C17H26N2O. The molecule has 0 radical (unpaired) electrons. The zero-order chi connectivity index (χ0) is 14.8. The fourth-order valence-corrected chi connectivity index (χ4v) is 2.45. The Balaban J connectivity index is 1.91. The predicted molar refractivity (Wildman–Crippen MR) is 82.7 cm³/mol. The van der Waals surface area contributed by atoms with Gasteiger partial charge in [-0.25, -0.2) is 0 Å². The van der Waals surface area contributed by atoms with Crippen LogP contribution in [-0.4, -0.2) is 25.5 Å². The maximum Gasteiger partial charge on any atom is 0.223 e. The van der Waals surface area contributed by atoms with E-state index in [2.05, 4.69) is 55.7 Å². The first-order chi connectivity index (χ1) is 9.40. The number of carbonyl (C=O) groups is 1. The molecule has 3 heteroatoms. The summed E-state index contributed by atoms with van der Waals surface area (Å²) < 4.78 is 0. The average Bonchev–Trinajstić information content (AvgIpc) is 2.34. The molecule has 1 aliphatic heterocycles. The van der Waals surface area contributed by atoms with Gasteiger partial charge in [-0.05, 0) is 31.5 Å². The van der Waals surface area contributed by atoms with E-state index in [0.717, 1.165) is 13.1 Å². The fraction of sp³-hybridized carbons (Fsp3) is 0.588. The van der Waals surface area contributed by atoms with E-state index in [9.17, 15) is 4.79 Å². The second-order valence-electron chi connectivity index (χ2n) is 6.67. The fourth-order valence-electron chi connectivity index (χ4n) is 2.45. The number of nitrogens with one attached hydrogen (secondary N) is 2. The number of rotatable bonds is 5. The number of benzene rings is 1. The van der Waals surface area contributed by atoms with Crippen LogP contribution in [0.25, 0.3) is 0 Å². The van der Waals surface area contributed by atoms with Gasteiger partial charge in [-0.1, -0.05) is 50.6 Å². The molecule has 20 heavy (non-hydrogen) atoms. The number of carbonyl (C=O) groups excluding carboxylic acids is 1. The molecule has 2 rings (SSSR count). The largest absolute Gasteiger partial charge is 0.355 e. The third kappa shape index (κ3) is 3.40. The number of hydrogen-bond acceptors (Lipinski definition) is 2. The molecule has 3 nitrogen and oxygen atoms in total. The Bertz CT molecular complexity index is 460. The smallest absolute Gasteiger partial charge is 0.223 e. The third-order valence-electron chi connectivity index (χ3n) is 4.47.